The summed E-state index contributed by atoms with van der Waals surface area (Å²) in [4.78, 5) is 4.10. The third-order valence-corrected chi connectivity index (χ3v) is 6.34. The maximum atomic E-state index is 6.13. The van der Waals surface area contributed by atoms with E-state index < -0.39 is 0 Å². The number of nitrogens with one attached hydrogen (secondary N) is 1. The van der Waals surface area contributed by atoms with Gasteiger partial charge in [0.15, 0.2) is 0 Å². The van der Waals surface area contributed by atoms with E-state index in [1.807, 2.05) is 12.1 Å². The van der Waals surface area contributed by atoms with Crippen molar-refractivity contribution in [2.24, 2.45) is 5.10 Å². The van der Waals surface area contributed by atoms with Gasteiger partial charge in [-0.1, -0.05) is 48.5 Å². The van der Waals surface area contributed by atoms with Gasteiger partial charge in [-0.3, -0.25) is 5.43 Å². The lowest BCUT2D eigenvalue weighted by Gasteiger charge is -2.32. The summed E-state index contributed by atoms with van der Waals surface area (Å²) in [6.07, 6.45) is 1.75. The molecule has 30 heavy (non-hydrogen) atoms. The summed E-state index contributed by atoms with van der Waals surface area (Å²) in [5.74, 6) is 0.492. The zero-order valence-electron chi connectivity index (χ0n) is 17.5. The third-order valence-electron chi connectivity index (χ3n) is 5.58. The van der Waals surface area contributed by atoms with E-state index >= 15 is 0 Å². The lowest BCUT2D eigenvalue weighted by molar-refractivity contribution is 0.00578. The van der Waals surface area contributed by atoms with Crippen molar-refractivity contribution >= 4 is 41.1 Å². The highest BCUT2D eigenvalue weighted by molar-refractivity contribution is 7.14. The van der Waals surface area contributed by atoms with Crippen LogP contribution in [0.1, 0.15) is 33.3 Å². The number of rotatable bonds is 5. The third kappa shape index (κ3) is 4.26. The Kier molecular flexibility index (Phi) is 5.40. The molecule has 2 aromatic carbocycles. The van der Waals surface area contributed by atoms with E-state index in [1.165, 1.54) is 11.3 Å². The average Bonchev–Trinajstić information content (AvgIpc) is 3.22. The SMILES string of the molecule is CC1(C)OB(c2ccc(-c3ccc(C=NNc4nc(N)cs4)cc3)cc2)OC1(C)C. The zero-order chi connectivity index (χ0) is 21.4. The summed E-state index contributed by atoms with van der Waals surface area (Å²) in [7, 11) is -0.344. The lowest BCUT2D eigenvalue weighted by Crippen LogP contribution is -2.41. The molecular weight excluding hydrogens is 395 g/mol. The fourth-order valence-corrected chi connectivity index (χ4v) is 3.62. The van der Waals surface area contributed by atoms with E-state index in [1.54, 1.807) is 11.6 Å². The molecule has 6 nitrogen and oxygen atoms in total. The monoisotopic (exact) mass is 420 g/mol. The molecule has 0 amide bonds. The van der Waals surface area contributed by atoms with Crippen molar-refractivity contribution < 1.29 is 9.31 Å². The second-order valence-corrected chi connectivity index (χ2v) is 9.14. The molecular formula is C22H25BN4O2S. The Balaban J connectivity index is 1.41. The molecule has 1 aliphatic rings. The minimum Gasteiger partial charge on any atom is -0.399 e. The summed E-state index contributed by atoms with van der Waals surface area (Å²) in [6, 6.07) is 16.5. The van der Waals surface area contributed by atoms with Crippen LogP contribution in [0.15, 0.2) is 59.0 Å². The highest BCUT2D eigenvalue weighted by Crippen LogP contribution is 2.36. The van der Waals surface area contributed by atoms with E-state index in [-0.39, 0.29) is 18.3 Å². The lowest BCUT2D eigenvalue weighted by atomic mass is 9.78. The van der Waals surface area contributed by atoms with Crippen LogP contribution in [0.2, 0.25) is 0 Å². The number of anilines is 2. The van der Waals surface area contributed by atoms with Crippen molar-refractivity contribution in [1.29, 1.82) is 0 Å². The van der Waals surface area contributed by atoms with Crippen LogP contribution in [0.4, 0.5) is 10.9 Å². The molecule has 0 atom stereocenters. The van der Waals surface area contributed by atoms with Crippen LogP contribution >= 0.6 is 11.3 Å². The number of nitrogens with zero attached hydrogens (tertiary/aromatic N) is 2. The van der Waals surface area contributed by atoms with Gasteiger partial charge in [0.2, 0.25) is 5.13 Å². The summed E-state index contributed by atoms with van der Waals surface area (Å²) in [5.41, 5.74) is 12.1. The number of nitrogens with two attached hydrogens (primary N) is 1. The Hall–Kier alpha value is -2.68. The Morgan fingerprint density at radius 1 is 0.967 bits per heavy atom. The molecule has 1 fully saturated rings. The van der Waals surface area contributed by atoms with E-state index in [4.69, 9.17) is 15.0 Å². The van der Waals surface area contributed by atoms with Crippen LogP contribution in [0.5, 0.6) is 0 Å². The number of hydrazone groups is 1. The zero-order valence-corrected chi connectivity index (χ0v) is 18.4. The second-order valence-electron chi connectivity index (χ2n) is 8.28. The molecule has 1 aromatic heterocycles. The number of nitrogen functional groups attached to an aromatic ring is 1. The van der Waals surface area contributed by atoms with Crippen LogP contribution in [0, 0.1) is 0 Å². The van der Waals surface area contributed by atoms with Crippen LogP contribution in [-0.4, -0.2) is 29.5 Å². The summed E-state index contributed by atoms with van der Waals surface area (Å²) in [5, 5.41) is 6.63. The summed E-state index contributed by atoms with van der Waals surface area (Å²) in [6.45, 7) is 8.25. The van der Waals surface area contributed by atoms with Gasteiger partial charge in [0.05, 0.1) is 17.4 Å². The van der Waals surface area contributed by atoms with E-state index in [9.17, 15) is 0 Å². The van der Waals surface area contributed by atoms with Gasteiger partial charge in [0.25, 0.3) is 0 Å². The quantitative estimate of drug-likeness (QED) is 0.368. The maximum absolute atomic E-state index is 6.13. The largest absolute Gasteiger partial charge is 0.494 e. The van der Waals surface area contributed by atoms with Gasteiger partial charge in [0.1, 0.15) is 5.82 Å². The van der Waals surface area contributed by atoms with Crippen molar-refractivity contribution in [2.75, 3.05) is 11.2 Å². The molecule has 0 spiro atoms. The fraction of sp³-hybridized carbons (Fsp3) is 0.273. The number of thiazole rings is 1. The fourth-order valence-electron chi connectivity index (χ4n) is 3.07. The number of hydrogen-bond acceptors (Lipinski definition) is 7. The van der Waals surface area contributed by atoms with Gasteiger partial charge >= 0.3 is 7.12 Å². The van der Waals surface area contributed by atoms with Gasteiger partial charge in [-0.15, -0.1) is 11.3 Å². The van der Waals surface area contributed by atoms with Crippen molar-refractivity contribution in [3.63, 3.8) is 0 Å². The molecule has 2 heterocycles. The molecule has 3 aromatic rings. The molecule has 154 valence electrons. The van der Waals surface area contributed by atoms with Gasteiger partial charge in [-0.05, 0) is 49.8 Å². The van der Waals surface area contributed by atoms with Crippen molar-refractivity contribution in [2.45, 2.75) is 38.9 Å². The highest BCUT2D eigenvalue weighted by Gasteiger charge is 2.51. The Morgan fingerprint density at radius 2 is 1.53 bits per heavy atom. The van der Waals surface area contributed by atoms with Crippen LogP contribution < -0.4 is 16.6 Å². The van der Waals surface area contributed by atoms with Crippen LogP contribution in [0.3, 0.4) is 0 Å². The minimum atomic E-state index is -0.344. The molecule has 3 N–H and O–H groups in total. The molecule has 0 bridgehead atoms. The summed E-state index contributed by atoms with van der Waals surface area (Å²) < 4.78 is 12.3. The molecule has 0 radical (unpaired) electrons. The first-order valence-electron chi connectivity index (χ1n) is 9.80. The molecule has 0 aliphatic carbocycles. The normalized spacial score (nSPS) is 17.5. The summed E-state index contributed by atoms with van der Waals surface area (Å²) >= 11 is 1.42. The number of benzene rings is 2. The van der Waals surface area contributed by atoms with E-state index in [0.717, 1.165) is 22.2 Å². The molecule has 4 rings (SSSR count). The van der Waals surface area contributed by atoms with Gasteiger partial charge < -0.3 is 15.0 Å². The van der Waals surface area contributed by atoms with Crippen molar-refractivity contribution in [3.05, 3.63) is 59.5 Å². The van der Waals surface area contributed by atoms with E-state index in [0.29, 0.717) is 10.9 Å². The topological polar surface area (TPSA) is 81.8 Å². The molecule has 8 heteroatoms. The molecule has 0 saturated carbocycles. The highest BCUT2D eigenvalue weighted by atomic mass is 32.1. The molecule has 1 saturated heterocycles. The molecule has 1 aliphatic heterocycles. The average molecular weight is 420 g/mol. The second kappa shape index (κ2) is 7.87. The maximum Gasteiger partial charge on any atom is 0.494 e. The minimum absolute atomic E-state index is 0.339. The first-order valence-corrected chi connectivity index (χ1v) is 10.7. The molecule has 0 unspecified atom stereocenters. The van der Waals surface area contributed by atoms with Gasteiger partial charge in [-0.2, -0.15) is 5.10 Å². The van der Waals surface area contributed by atoms with Crippen LogP contribution in [-0.2, 0) is 9.31 Å². The van der Waals surface area contributed by atoms with Crippen molar-refractivity contribution in [3.8, 4) is 11.1 Å². The van der Waals surface area contributed by atoms with Gasteiger partial charge in [-0.25, -0.2) is 4.98 Å². The van der Waals surface area contributed by atoms with Crippen LogP contribution in [0.25, 0.3) is 11.1 Å². The Labute approximate surface area is 181 Å². The smallest absolute Gasteiger partial charge is 0.399 e. The van der Waals surface area contributed by atoms with Gasteiger partial charge in [0, 0.05) is 5.38 Å². The Morgan fingerprint density at radius 3 is 2.07 bits per heavy atom. The van der Waals surface area contributed by atoms with Crippen molar-refractivity contribution in [1.82, 2.24) is 4.98 Å². The number of aromatic nitrogens is 1. The van der Waals surface area contributed by atoms with E-state index in [2.05, 4.69) is 79.6 Å². The number of hydrogen-bond donors (Lipinski definition) is 2. The predicted octanol–water partition coefficient (Wildman–Crippen LogP) is 4.14. The Bertz CT molecular complexity index is 1030. The predicted molar refractivity (Wildman–Crippen MR) is 125 cm³/mol. The first kappa shape index (κ1) is 20.6. The standard InChI is InChI=1S/C22H25BN4O2S/c1-21(2)22(3,4)29-23(28-21)18-11-9-17(10-12-18)16-7-5-15(6-8-16)13-25-27-20-26-19(24)14-30-20/h5-14H,24H2,1-4H3,(H,26,27). The first-order chi connectivity index (χ1) is 14.2.